The minimum Gasteiger partial charge on any atom is -0.378 e. The van der Waals surface area contributed by atoms with E-state index in [2.05, 4.69) is 5.32 Å². The first-order valence-corrected chi connectivity index (χ1v) is 4.84. The van der Waals surface area contributed by atoms with E-state index in [0.29, 0.717) is 0 Å². The Morgan fingerprint density at radius 1 is 1.41 bits per heavy atom. The van der Waals surface area contributed by atoms with E-state index in [1.165, 1.54) is 18.2 Å². The number of anilines is 1. The Kier molecular flexibility index (Phi) is 4.18. The van der Waals surface area contributed by atoms with E-state index in [0.717, 1.165) is 0 Å². The summed E-state index contributed by atoms with van der Waals surface area (Å²) in [4.78, 5) is 0. The van der Waals surface area contributed by atoms with Crippen LogP contribution in [0.3, 0.4) is 0 Å². The fourth-order valence-electron chi connectivity index (χ4n) is 1.02. The molecule has 0 unspecified atom stereocenters. The van der Waals surface area contributed by atoms with Crippen molar-refractivity contribution in [3.63, 3.8) is 0 Å². The second kappa shape index (κ2) is 5.23. The van der Waals surface area contributed by atoms with Crippen LogP contribution in [0.1, 0.15) is 5.56 Å². The molecule has 0 aliphatic rings. The van der Waals surface area contributed by atoms with Gasteiger partial charge in [-0.05, 0) is 18.2 Å². The molecule has 0 fully saturated rings. The maximum Gasteiger partial charge on any atom is 0.324 e. The Balaban J connectivity index is 2.74. The number of halogens is 5. The first kappa shape index (κ1) is 13.6. The standard InChI is InChI=1S/C10H7ClF4N2/c11-7-3-6(4-16)1-2-8(7)17-5-10(14,15)9(12)13/h1-3,9,17H,5H2. The highest BCUT2D eigenvalue weighted by Crippen LogP contribution is 2.27. The first-order valence-electron chi connectivity index (χ1n) is 4.46. The summed E-state index contributed by atoms with van der Waals surface area (Å²) in [6.45, 7) is -1.23. The molecule has 17 heavy (non-hydrogen) atoms. The van der Waals surface area contributed by atoms with E-state index in [1.807, 2.05) is 0 Å². The predicted octanol–water partition coefficient (Wildman–Crippen LogP) is 3.52. The van der Waals surface area contributed by atoms with Crippen LogP contribution in [-0.4, -0.2) is 18.9 Å². The molecular formula is C10H7ClF4N2. The molecule has 2 nitrogen and oxygen atoms in total. The molecule has 0 saturated carbocycles. The van der Waals surface area contributed by atoms with Gasteiger partial charge in [-0.1, -0.05) is 11.6 Å². The van der Waals surface area contributed by atoms with Crippen LogP contribution >= 0.6 is 11.6 Å². The van der Waals surface area contributed by atoms with Gasteiger partial charge in [-0.15, -0.1) is 0 Å². The molecule has 92 valence electrons. The van der Waals surface area contributed by atoms with Gasteiger partial charge < -0.3 is 5.32 Å². The fraction of sp³-hybridized carbons (Fsp3) is 0.300. The Morgan fingerprint density at radius 3 is 2.53 bits per heavy atom. The van der Waals surface area contributed by atoms with Crippen molar-refractivity contribution in [3.05, 3.63) is 28.8 Å². The van der Waals surface area contributed by atoms with Gasteiger partial charge in [0.15, 0.2) is 0 Å². The van der Waals surface area contributed by atoms with Gasteiger partial charge >= 0.3 is 12.3 Å². The van der Waals surface area contributed by atoms with Crippen LogP contribution in [0.4, 0.5) is 23.2 Å². The van der Waals surface area contributed by atoms with E-state index in [4.69, 9.17) is 16.9 Å². The number of hydrogen-bond acceptors (Lipinski definition) is 2. The van der Waals surface area contributed by atoms with Crippen molar-refractivity contribution in [1.82, 2.24) is 0 Å². The lowest BCUT2D eigenvalue weighted by molar-refractivity contribution is -0.117. The molecule has 0 heterocycles. The average Bonchev–Trinajstić information content (AvgIpc) is 2.27. The van der Waals surface area contributed by atoms with Crippen molar-refractivity contribution in [2.24, 2.45) is 0 Å². The van der Waals surface area contributed by atoms with Crippen LogP contribution in [-0.2, 0) is 0 Å². The number of nitrogens with zero attached hydrogens (tertiary/aromatic N) is 1. The molecule has 0 aromatic heterocycles. The molecule has 0 bridgehead atoms. The zero-order valence-electron chi connectivity index (χ0n) is 8.35. The van der Waals surface area contributed by atoms with Crippen LogP contribution in [0.25, 0.3) is 0 Å². The summed E-state index contributed by atoms with van der Waals surface area (Å²) in [6.07, 6.45) is -3.74. The number of alkyl halides is 4. The van der Waals surface area contributed by atoms with E-state index in [-0.39, 0.29) is 16.3 Å². The third kappa shape index (κ3) is 3.49. The molecule has 0 aliphatic carbocycles. The molecule has 1 N–H and O–H groups in total. The third-order valence-corrected chi connectivity index (χ3v) is 2.24. The van der Waals surface area contributed by atoms with Gasteiger partial charge in [0, 0.05) is 0 Å². The highest BCUT2D eigenvalue weighted by Gasteiger charge is 2.40. The summed E-state index contributed by atoms with van der Waals surface area (Å²) in [7, 11) is 0. The van der Waals surface area contributed by atoms with Gasteiger partial charge in [-0.3, -0.25) is 0 Å². The van der Waals surface area contributed by atoms with Crippen LogP contribution in [0.2, 0.25) is 5.02 Å². The predicted molar refractivity (Wildman–Crippen MR) is 55.6 cm³/mol. The van der Waals surface area contributed by atoms with Crippen molar-refractivity contribution in [2.75, 3.05) is 11.9 Å². The van der Waals surface area contributed by atoms with Gasteiger partial charge in [-0.25, -0.2) is 8.78 Å². The van der Waals surface area contributed by atoms with Crippen molar-refractivity contribution in [2.45, 2.75) is 12.3 Å². The van der Waals surface area contributed by atoms with Crippen LogP contribution < -0.4 is 5.32 Å². The lowest BCUT2D eigenvalue weighted by atomic mass is 10.2. The zero-order valence-corrected chi connectivity index (χ0v) is 9.11. The van der Waals surface area contributed by atoms with Crippen molar-refractivity contribution in [1.29, 1.82) is 5.26 Å². The zero-order chi connectivity index (χ0) is 13.1. The highest BCUT2D eigenvalue weighted by molar-refractivity contribution is 6.33. The van der Waals surface area contributed by atoms with E-state index in [1.54, 1.807) is 6.07 Å². The van der Waals surface area contributed by atoms with Gasteiger partial charge in [0.25, 0.3) is 0 Å². The maximum absolute atomic E-state index is 12.6. The molecule has 1 rings (SSSR count). The summed E-state index contributed by atoms with van der Waals surface area (Å²) in [5, 5.41) is 10.7. The summed E-state index contributed by atoms with van der Waals surface area (Å²) in [5.41, 5.74) is 0.326. The minimum atomic E-state index is -4.13. The molecule has 1 aromatic rings. The topological polar surface area (TPSA) is 35.8 Å². The van der Waals surface area contributed by atoms with Gasteiger partial charge in [0.1, 0.15) is 0 Å². The molecule has 7 heteroatoms. The van der Waals surface area contributed by atoms with Crippen molar-refractivity contribution in [3.8, 4) is 6.07 Å². The lowest BCUT2D eigenvalue weighted by Gasteiger charge is -2.17. The Bertz CT molecular complexity index is 442. The van der Waals surface area contributed by atoms with E-state index >= 15 is 0 Å². The average molecular weight is 267 g/mol. The quantitative estimate of drug-likeness (QED) is 0.847. The smallest absolute Gasteiger partial charge is 0.324 e. The third-order valence-electron chi connectivity index (χ3n) is 1.93. The van der Waals surface area contributed by atoms with Crippen LogP contribution in [0.15, 0.2) is 18.2 Å². The molecule has 0 amide bonds. The molecule has 0 saturated heterocycles. The van der Waals surface area contributed by atoms with E-state index < -0.39 is 18.9 Å². The number of rotatable bonds is 4. The fourth-order valence-corrected chi connectivity index (χ4v) is 1.27. The second-order valence-corrected chi connectivity index (χ2v) is 3.63. The monoisotopic (exact) mass is 266 g/mol. The minimum absolute atomic E-state index is 0.0223. The van der Waals surface area contributed by atoms with Crippen molar-refractivity contribution >= 4 is 17.3 Å². The van der Waals surface area contributed by atoms with Gasteiger partial charge in [-0.2, -0.15) is 14.0 Å². The Morgan fingerprint density at radius 2 is 2.06 bits per heavy atom. The summed E-state index contributed by atoms with van der Waals surface area (Å²) in [6, 6.07) is 5.68. The lowest BCUT2D eigenvalue weighted by Crippen LogP contribution is -2.34. The first-order chi connectivity index (χ1) is 7.86. The molecule has 0 atom stereocenters. The molecule has 0 aliphatic heterocycles. The summed E-state index contributed by atoms with van der Waals surface area (Å²) in [5.74, 6) is -4.13. The molecule has 0 spiro atoms. The molecule has 0 radical (unpaired) electrons. The maximum atomic E-state index is 12.6. The van der Waals surface area contributed by atoms with E-state index in [9.17, 15) is 17.6 Å². The highest BCUT2D eigenvalue weighted by atomic mass is 35.5. The van der Waals surface area contributed by atoms with Crippen LogP contribution in [0.5, 0.6) is 0 Å². The number of benzene rings is 1. The van der Waals surface area contributed by atoms with Gasteiger partial charge in [0.05, 0.1) is 28.9 Å². The SMILES string of the molecule is N#Cc1ccc(NCC(F)(F)C(F)F)c(Cl)c1. The molecular weight excluding hydrogens is 260 g/mol. The summed E-state index contributed by atoms with van der Waals surface area (Å²) >= 11 is 5.67. The largest absolute Gasteiger partial charge is 0.378 e. The number of hydrogen-bond donors (Lipinski definition) is 1. The number of nitriles is 1. The summed E-state index contributed by atoms with van der Waals surface area (Å²) < 4.78 is 48.9. The van der Waals surface area contributed by atoms with Crippen molar-refractivity contribution < 1.29 is 17.6 Å². The van der Waals surface area contributed by atoms with Crippen LogP contribution in [0, 0.1) is 11.3 Å². The molecule has 1 aromatic carbocycles. The Hall–Kier alpha value is -1.48. The Labute approximate surface area is 99.8 Å². The second-order valence-electron chi connectivity index (χ2n) is 3.22. The number of nitrogens with one attached hydrogen (secondary N) is 1. The van der Waals surface area contributed by atoms with Gasteiger partial charge in [0.2, 0.25) is 0 Å². The normalized spacial score (nSPS) is 11.4.